The normalized spacial score (nSPS) is 11.2. The molecule has 7 nitrogen and oxygen atoms in total. The van der Waals surface area contributed by atoms with Crippen LogP contribution in [-0.2, 0) is 11.2 Å². The number of urea groups is 1. The van der Waals surface area contributed by atoms with Crippen LogP contribution < -0.4 is 16.0 Å². The van der Waals surface area contributed by atoms with Gasteiger partial charge in [0.05, 0.1) is 10.4 Å². The quantitative estimate of drug-likeness (QED) is 0.163. The molecular weight excluding hydrogens is 498 g/mol. The van der Waals surface area contributed by atoms with Gasteiger partial charge < -0.3 is 15.4 Å². The van der Waals surface area contributed by atoms with Gasteiger partial charge in [0, 0.05) is 13.1 Å². The summed E-state index contributed by atoms with van der Waals surface area (Å²) in [6, 6.07) is 9.87. The van der Waals surface area contributed by atoms with Crippen molar-refractivity contribution in [3.8, 4) is 0 Å². The number of esters is 1. The first-order chi connectivity index (χ1) is 18.1. The van der Waals surface area contributed by atoms with E-state index in [0.29, 0.717) is 28.5 Å². The number of benzene rings is 1. The predicted octanol–water partition coefficient (Wildman–Crippen LogP) is 7.25. The number of nitrogens with one attached hydrogen (secondary N) is 3. The van der Waals surface area contributed by atoms with Crippen molar-refractivity contribution in [2.45, 2.75) is 98.0 Å². The van der Waals surface area contributed by atoms with Crippen molar-refractivity contribution < 1.29 is 19.1 Å². The van der Waals surface area contributed by atoms with Crippen molar-refractivity contribution in [1.82, 2.24) is 10.6 Å². The van der Waals surface area contributed by atoms with E-state index in [2.05, 4.69) is 35.0 Å². The third-order valence-corrected chi connectivity index (χ3v) is 7.23. The van der Waals surface area contributed by atoms with Gasteiger partial charge in [-0.1, -0.05) is 69.4 Å². The van der Waals surface area contributed by atoms with Crippen LogP contribution in [0.25, 0.3) is 0 Å². The van der Waals surface area contributed by atoms with Gasteiger partial charge in [0.2, 0.25) is 0 Å². The maximum atomic E-state index is 13.0. The molecule has 1 heterocycles. The molecule has 0 saturated heterocycles. The van der Waals surface area contributed by atoms with Gasteiger partial charge in [-0.25, -0.2) is 9.59 Å². The average molecular weight is 544 g/mol. The molecule has 210 valence electrons. The number of rotatable bonds is 15. The molecule has 0 aliphatic carbocycles. The SMILES string of the molecule is CCCCCCCCNC(=O)Nc1sc(C(=O)NCCCCc2ccccc2)c(C)c1C(=O)OC(C)(C)C. The largest absolute Gasteiger partial charge is 0.456 e. The molecule has 3 N–H and O–H groups in total. The number of hydrogen-bond acceptors (Lipinski definition) is 5. The third-order valence-electron chi connectivity index (χ3n) is 6.02. The van der Waals surface area contributed by atoms with Crippen LogP contribution in [0.2, 0.25) is 0 Å². The van der Waals surface area contributed by atoms with E-state index in [4.69, 9.17) is 4.74 Å². The lowest BCUT2D eigenvalue weighted by atomic mass is 10.1. The highest BCUT2D eigenvalue weighted by molar-refractivity contribution is 7.18. The van der Waals surface area contributed by atoms with E-state index in [1.807, 2.05) is 18.2 Å². The van der Waals surface area contributed by atoms with Gasteiger partial charge in [0.25, 0.3) is 5.91 Å². The molecule has 3 amide bonds. The lowest BCUT2D eigenvalue weighted by Crippen LogP contribution is -2.30. The Morgan fingerprint density at radius 1 is 0.868 bits per heavy atom. The van der Waals surface area contributed by atoms with Crippen LogP contribution in [0, 0.1) is 6.92 Å². The third kappa shape index (κ3) is 11.3. The fourth-order valence-corrected chi connectivity index (χ4v) is 5.13. The molecule has 8 heteroatoms. The Balaban J connectivity index is 1.98. The van der Waals surface area contributed by atoms with Gasteiger partial charge >= 0.3 is 12.0 Å². The van der Waals surface area contributed by atoms with E-state index in [0.717, 1.165) is 49.9 Å². The van der Waals surface area contributed by atoms with Crippen LogP contribution in [0.3, 0.4) is 0 Å². The first kappa shape index (κ1) is 31.3. The average Bonchev–Trinajstić information content (AvgIpc) is 3.18. The number of ether oxygens (including phenoxy) is 1. The molecule has 0 aliphatic heterocycles. The van der Waals surface area contributed by atoms with E-state index < -0.39 is 17.6 Å². The Kier molecular flexibility index (Phi) is 13.3. The minimum absolute atomic E-state index is 0.230. The highest BCUT2D eigenvalue weighted by atomic mass is 32.1. The molecule has 2 rings (SSSR count). The van der Waals surface area contributed by atoms with Crippen molar-refractivity contribution in [2.75, 3.05) is 18.4 Å². The zero-order chi connectivity index (χ0) is 28.0. The van der Waals surface area contributed by atoms with Gasteiger partial charge in [-0.05, 0) is 64.5 Å². The lowest BCUT2D eigenvalue weighted by Gasteiger charge is -2.20. The Labute approximate surface area is 232 Å². The summed E-state index contributed by atoms with van der Waals surface area (Å²) in [4.78, 5) is 39.0. The second-order valence-electron chi connectivity index (χ2n) is 10.6. The van der Waals surface area contributed by atoms with Crippen LogP contribution in [0.15, 0.2) is 30.3 Å². The molecule has 0 spiro atoms. The smallest absolute Gasteiger partial charge is 0.341 e. The topological polar surface area (TPSA) is 96.5 Å². The van der Waals surface area contributed by atoms with Crippen LogP contribution in [0.4, 0.5) is 9.80 Å². The van der Waals surface area contributed by atoms with E-state index in [-0.39, 0.29) is 11.5 Å². The van der Waals surface area contributed by atoms with Gasteiger partial charge in [0.1, 0.15) is 10.6 Å². The van der Waals surface area contributed by atoms with Crippen molar-refractivity contribution in [3.63, 3.8) is 0 Å². The predicted molar refractivity (Wildman–Crippen MR) is 156 cm³/mol. The number of carbonyl (C=O) groups excluding carboxylic acids is 3. The molecule has 1 aromatic heterocycles. The number of carbonyl (C=O) groups is 3. The summed E-state index contributed by atoms with van der Waals surface area (Å²) in [7, 11) is 0. The van der Waals surface area contributed by atoms with E-state index in [9.17, 15) is 14.4 Å². The summed E-state index contributed by atoms with van der Waals surface area (Å²) in [5.74, 6) is -0.808. The summed E-state index contributed by atoms with van der Waals surface area (Å²) < 4.78 is 5.58. The van der Waals surface area contributed by atoms with Crippen LogP contribution >= 0.6 is 11.3 Å². The molecule has 2 aromatic rings. The van der Waals surface area contributed by atoms with Gasteiger partial charge in [0.15, 0.2) is 0 Å². The molecule has 0 bridgehead atoms. The molecule has 0 radical (unpaired) electrons. The molecule has 0 aliphatic rings. The van der Waals surface area contributed by atoms with Crippen LogP contribution in [0.5, 0.6) is 0 Å². The summed E-state index contributed by atoms with van der Waals surface area (Å²) >= 11 is 1.11. The highest BCUT2D eigenvalue weighted by Crippen LogP contribution is 2.34. The number of unbranched alkanes of at least 4 members (excludes halogenated alkanes) is 6. The summed E-state index contributed by atoms with van der Waals surface area (Å²) in [6.45, 7) is 10.4. The van der Waals surface area contributed by atoms with Gasteiger partial charge in [-0.15, -0.1) is 11.3 Å². The van der Waals surface area contributed by atoms with Crippen LogP contribution in [0.1, 0.15) is 110 Å². The van der Waals surface area contributed by atoms with E-state index in [1.54, 1.807) is 27.7 Å². The summed E-state index contributed by atoms with van der Waals surface area (Å²) in [5.41, 5.74) is 1.32. The molecule has 1 aromatic carbocycles. The van der Waals surface area contributed by atoms with Crippen molar-refractivity contribution >= 4 is 34.2 Å². The second kappa shape index (κ2) is 16.2. The molecule has 0 fully saturated rings. The Bertz CT molecular complexity index is 1030. The first-order valence-corrected chi connectivity index (χ1v) is 14.7. The Hall–Kier alpha value is -2.87. The van der Waals surface area contributed by atoms with E-state index in [1.165, 1.54) is 24.8 Å². The zero-order valence-corrected chi connectivity index (χ0v) is 24.5. The number of amides is 3. The number of anilines is 1. The standard InChI is InChI=1S/C30H45N3O4S/c1-6-7-8-9-10-15-21-32-29(36)33-27-24(28(35)37-30(3,4)5)22(2)25(38-27)26(34)31-20-16-14-19-23-17-12-11-13-18-23/h11-13,17-18H,6-10,14-16,19-21H2,1-5H3,(H,31,34)(H2,32,33,36). The summed E-state index contributed by atoms with van der Waals surface area (Å²) in [6.07, 6.45) is 9.55. The van der Waals surface area contributed by atoms with E-state index >= 15 is 0 Å². The fourth-order valence-electron chi connectivity index (χ4n) is 4.03. The van der Waals surface area contributed by atoms with Crippen LogP contribution in [-0.4, -0.2) is 36.6 Å². The van der Waals surface area contributed by atoms with Gasteiger partial charge in [-0.2, -0.15) is 0 Å². The molecule has 0 atom stereocenters. The molecule has 0 unspecified atom stereocenters. The van der Waals surface area contributed by atoms with Crippen molar-refractivity contribution in [2.24, 2.45) is 0 Å². The number of thiophene rings is 1. The van der Waals surface area contributed by atoms with Gasteiger partial charge in [-0.3, -0.25) is 10.1 Å². The second-order valence-corrected chi connectivity index (χ2v) is 11.6. The zero-order valence-electron chi connectivity index (χ0n) is 23.7. The number of hydrogen-bond donors (Lipinski definition) is 3. The number of aryl methyl sites for hydroxylation is 1. The lowest BCUT2D eigenvalue weighted by molar-refractivity contribution is 0.00705. The van der Waals surface area contributed by atoms with Crippen molar-refractivity contribution in [1.29, 1.82) is 0 Å². The Morgan fingerprint density at radius 3 is 2.18 bits per heavy atom. The molecule has 38 heavy (non-hydrogen) atoms. The minimum Gasteiger partial charge on any atom is -0.456 e. The first-order valence-electron chi connectivity index (χ1n) is 13.9. The fraction of sp³-hybridized carbons (Fsp3) is 0.567. The highest BCUT2D eigenvalue weighted by Gasteiger charge is 2.29. The molecule has 0 saturated carbocycles. The minimum atomic E-state index is -0.704. The maximum Gasteiger partial charge on any atom is 0.341 e. The van der Waals surface area contributed by atoms with Crippen molar-refractivity contribution in [3.05, 3.63) is 51.9 Å². The monoisotopic (exact) mass is 543 g/mol. The maximum absolute atomic E-state index is 13.0. The molecular formula is C30H45N3O4S. The summed E-state index contributed by atoms with van der Waals surface area (Å²) in [5, 5.41) is 8.93. The Morgan fingerprint density at radius 2 is 1.50 bits per heavy atom.